The van der Waals surface area contributed by atoms with Gasteiger partial charge in [-0.1, -0.05) is 12.1 Å². The van der Waals surface area contributed by atoms with Gasteiger partial charge in [0.2, 0.25) is 11.8 Å². The van der Waals surface area contributed by atoms with E-state index in [4.69, 9.17) is 10.2 Å². The van der Waals surface area contributed by atoms with Gasteiger partial charge in [-0.15, -0.1) is 21.5 Å². The summed E-state index contributed by atoms with van der Waals surface area (Å²) in [5.41, 5.74) is 7.02. The maximum atomic E-state index is 12.1. The summed E-state index contributed by atoms with van der Waals surface area (Å²) in [6.45, 7) is 1.70. The van der Waals surface area contributed by atoms with Crippen LogP contribution in [0, 0.1) is 6.92 Å². The van der Waals surface area contributed by atoms with Crippen molar-refractivity contribution in [2.45, 2.75) is 6.92 Å². The Hall–Kier alpha value is -2.74. The number of amides is 1. The monoisotopic (exact) mass is 301 g/mol. The third kappa shape index (κ3) is 2.75. The molecule has 8 heteroatoms. The van der Waals surface area contributed by atoms with E-state index in [0.717, 1.165) is 0 Å². The molecule has 106 valence electrons. The maximum Gasteiger partial charge on any atom is 0.275 e. The molecule has 0 aliphatic heterocycles. The number of hydrogen-bond donors (Lipinski definition) is 2. The van der Waals surface area contributed by atoms with E-state index < -0.39 is 0 Å². The molecule has 1 aromatic carbocycles. The van der Waals surface area contributed by atoms with Crippen molar-refractivity contribution in [1.29, 1.82) is 0 Å². The summed E-state index contributed by atoms with van der Waals surface area (Å²) in [5, 5.41) is 12.5. The van der Waals surface area contributed by atoms with Crippen molar-refractivity contribution >= 4 is 28.1 Å². The number of nitrogens with two attached hydrogens (primary N) is 1. The van der Waals surface area contributed by atoms with Gasteiger partial charge in [0, 0.05) is 12.3 Å². The number of aryl methyl sites for hydroxylation is 1. The molecule has 2 heterocycles. The lowest BCUT2D eigenvalue weighted by Crippen LogP contribution is -2.13. The number of carbonyl (C=O) groups excluding carboxylic acids is 1. The Labute approximate surface area is 123 Å². The quantitative estimate of drug-likeness (QED) is 0.769. The second-order valence-corrected chi connectivity index (χ2v) is 5.09. The Morgan fingerprint density at radius 2 is 2.14 bits per heavy atom. The number of aromatic nitrogens is 3. The Kier molecular flexibility index (Phi) is 3.36. The van der Waals surface area contributed by atoms with Crippen molar-refractivity contribution in [1.82, 2.24) is 15.2 Å². The largest absolute Gasteiger partial charge is 0.421 e. The fraction of sp³-hybridized carbons (Fsp3) is 0.0769. The minimum absolute atomic E-state index is 0.272. The first kappa shape index (κ1) is 13.3. The zero-order valence-electron chi connectivity index (χ0n) is 11.0. The minimum atomic E-state index is -0.341. The highest BCUT2D eigenvalue weighted by Gasteiger charge is 2.15. The smallest absolute Gasteiger partial charge is 0.275 e. The van der Waals surface area contributed by atoms with Crippen LogP contribution < -0.4 is 11.1 Å². The van der Waals surface area contributed by atoms with Crippen molar-refractivity contribution in [2.75, 3.05) is 11.1 Å². The van der Waals surface area contributed by atoms with Gasteiger partial charge in [-0.25, -0.2) is 4.98 Å². The zero-order valence-corrected chi connectivity index (χ0v) is 11.8. The van der Waals surface area contributed by atoms with E-state index in [-0.39, 0.29) is 11.6 Å². The van der Waals surface area contributed by atoms with Crippen LogP contribution in [-0.2, 0) is 0 Å². The molecule has 1 amide bonds. The lowest BCUT2D eigenvalue weighted by molar-refractivity contribution is 0.102. The fourth-order valence-electron chi connectivity index (χ4n) is 1.76. The van der Waals surface area contributed by atoms with E-state index in [1.54, 1.807) is 30.5 Å². The summed E-state index contributed by atoms with van der Waals surface area (Å²) in [5.74, 6) is 0.464. The van der Waals surface area contributed by atoms with E-state index in [0.29, 0.717) is 28.2 Å². The Morgan fingerprint density at radius 3 is 2.81 bits per heavy atom. The summed E-state index contributed by atoms with van der Waals surface area (Å²) in [6.07, 6.45) is 0. The molecule has 0 saturated heterocycles. The molecule has 0 radical (unpaired) electrons. The zero-order chi connectivity index (χ0) is 14.8. The van der Waals surface area contributed by atoms with E-state index in [1.165, 1.54) is 11.3 Å². The first-order valence-corrected chi connectivity index (χ1v) is 6.93. The van der Waals surface area contributed by atoms with Crippen LogP contribution in [0.25, 0.3) is 11.5 Å². The van der Waals surface area contributed by atoms with Crippen molar-refractivity contribution in [3.05, 3.63) is 41.2 Å². The highest BCUT2D eigenvalue weighted by molar-refractivity contribution is 7.13. The summed E-state index contributed by atoms with van der Waals surface area (Å²) >= 11 is 1.21. The number of rotatable bonds is 3. The first-order valence-electron chi connectivity index (χ1n) is 6.05. The lowest BCUT2D eigenvalue weighted by Gasteiger charge is -2.07. The SMILES string of the molecule is Cc1nnc(-c2ccccc2NC(=O)c2csc(N)n2)o1. The molecule has 2 aromatic heterocycles. The topological polar surface area (TPSA) is 107 Å². The Morgan fingerprint density at radius 1 is 1.33 bits per heavy atom. The van der Waals surface area contributed by atoms with Gasteiger partial charge < -0.3 is 15.5 Å². The summed E-state index contributed by atoms with van der Waals surface area (Å²) in [4.78, 5) is 16.1. The molecule has 0 atom stereocenters. The van der Waals surface area contributed by atoms with E-state index >= 15 is 0 Å². The minimum Gasteiger partial charge on any atom is -0.421 e. The second kappa shape index (κ2) is 5.33. The predicted octanol–water partition coefficient (Wildman–Crippen LogP) is 2.34. The first-order chi connectivity index (χ1) is 10.1. The highest BCUT2D eigenvalue weighted by atomic mass is 32.1. The normalized spacial score (nSPS) is 10.5. The van der Waals surface area contributed by atoms with E-state index in [2.05, 4.69) is 20.5 Å². The van der Waals surface area contributed by atoms with E-state index in [9.17, 15) is 4.79 Å². The van der Waals surface area contributed by atoms with Crippen LogP contribution in [0.1, 0.15) is 16.4 Å². The number of nitrogens with one attached hydrogen (secondary N) is 1. The van der Waals surface area contributed by atoms with Crippen LogP contribution in [0.3, 0.4) is 0 Å². The third-order valence-corrected chi connectivity index (χ3v) is 3.36. The van der Waals surface area contributed by atoms with Crippen LogP contribution in [0.2, 0.25) is 0 Å². The van der Waals surface area contributed by atoms with Gasteiger partial charge in [-0.05, 0) is 12.1 Å². The van der Waals surface area contributed by atoms with Crippen LogP contribution in [0.15, 0.2) is 34.1 Å². The highest BCUT2D eigenvalue weighted by Crippen LogP contribution is 2.27. The molecule has 0 bridgehead atoms. The molecule has 0 aliphatic rings. The Balaban J connectivity index is 1.91. The molecule has 3 aromatic rings. The molecule has 3 rings (SSSR count). The van der Waals surface area contributed by atoms with Crippen LogP contribution >= 0.6 is 11.3 Å². The molecule has 0 aliphatic carbocycles. The van der Waals surface area contributed by atoms with Crippen molar-refractivity contribution in [2.24, 2.45) is 0 Å². The Bertz CT molecular complexity index is 795. The van der Waals surface area contributed by atoms with Gasteiger partial charge in [-0.3, -0.25) is 4.79 Å². The van der Waals surface area contributed by atoms with Crippen molar-refractivity contribution < 1.29 is 9.21 Å². The molecular weight excluding hydrogens is 290 g/mol. The van der Waals surface area contributed by atoms with Gasteiger partial charge in [0.05, 0.1) is 11.3 Å². The summed E-state index contributed by atoms with van der Waals surface area (Å²) < 4.78 is 5.39. The molecule has 3 N–H and O–H groups in total. The number of para-hydroxylation sites is 1. The van der Waals surface area contributed by atoms with Crippen LogP contribution in [-0.4, -0.2) is 21.1 Å². The molecule has 0 unspecified atom stereocenters. The molecule has 0 spiro atoms. The number of hydrogen-bond acceptors (Lipinski definition) is 7. The fourth-order valence-corrected chi connectivity index (χ4v) is 2.31. The molecule has 7 nitrogen and oxygen atoms in total. The molecular formula is C13H11N5O2S. The van der Waals surface area contributed by atoms with E-state index in [1.807, 2.05) is 6.07 Å². The third-order valence-electron chi connectivity index (χ3n) is 2.69. The molecule has 0 saturated carbocycles. The number of nitrogens with zero attached hydrogens (tertiary/aromatic N) is 3. The van der Waals surface area contributed by atoms with Crippen LogP contribution in [0.4, 0.5) is 10.8 Å². The second-order valence-electron chi connectivity index (χ2n) is 4.20. The van der Waals surface area contributed by atoms with Crippen LogP contribution in [0.5, 0.6) is 0 Å². The molecule has 21 heavy (non-hydrogen) atoms. The average molecular weight is 301 g/mol. The number of nitrogen functional groups attached to an aromatic ring is 1. The average Bonchev–Trinajstić information content (AvgIpc) is 3.08. The lowest BCUT2D eigenvalue weighted by atomic mass is 10.1. The number of carbonyl (C=O) groups is 1. The predicted molar refractivity (Wildman–Crippen MR) is 79.0 cm³/mol. The molecule has 0 fully saturated rings. The van der Waals surface area contributed by atoms with Crippen molar-refractivity contribution in [3.63, 3.8) is 0 Å². The summed E-state index contributed by atoms with van der Waals surface area (Å²) in [7, 11) is 0. The van der Waals surface area contributed by atoms with Gasteiger partial charge >= 0.3 is 0 Å². The van der Waals surface area contributed by atoms with Gasteiger partial charge in [0.25, 0.3) is 5.91 Å². The van der Waals surface area contributed by atoms with Gasteiger partial charge in [0.1, 0.15) is 5.69 Å². The number of benzene rings is 1. The standard InChI is InChI=1S/C13H11N5O2S/c1-7-17-18-12(20-7)8-4-2-3-5-9(8)15-11(19)10-6-21-13(14)16-10/h2-6H,1H3,(H2,14,16)(H,15,19). The number of thiazole rings is 1. The van der Waals surface area contributed by atoms with Gasteiger partial charge in [-0.2, -0.15) is 0 Å². The summed E-state index contributed by atoms with van der Waals surface area (Å²) in [6, 6.07) is 7.17. The van der Waals surface area contributed by atoms with Gasteiger partial charge in [0.15, 0.2) is 5.13 Å². The number of anilines is 2. The maximum absolute atomic E-state index is 12.1. The van der Waals surface area contributed by atoms with Crippen molar-refractivity contribution in [3.8, 4) is 11.5 Å².